The fraction of sp³-hybridized carbons (Fsp3) is 0.250. The molecule has 0 aliphatic heterocycles. The Morgan fingerprint density at radius 3 is 2.56 bits per heavy atom. The van der Waals surface area contributed by atoms with Crippen molar-refractivity contribution in [3.8, 4) is 11.5 Å². The van der Waals surface area contributed by atoms with Gasteiger partial charge in [-0.05, 0) is 26.0 Å². The van der Waals surface area contributed by atoms with Gasteiger partial charge in [-0.3, -0.25) is 4.79 Å². The van der Waals surface area contributed by atoms with Crippen LogP contribution in [0.25, 0.3) is 11.5 Å². The summed E-state index contributed by atoms with van der Waals surface area (Å²) in [7, 11) is 0. The predicted octanol–water partition coefficient (Wildman–Crippen LogP) is 2.53. The highest BCUT2D eigenvalue weighted by Crippen LogP contribution is 2.24. The molecular formula is C12H12N2O3S. The number of aliphatic carboxylic acids is 1. The van der Waals surface area contributed by atoms with E-state index in [4.69, 9.17) is 9.52 Å². The molecule has 0 saturated carbocycles. The van der Waals surface area contributed by atoms with Gasteiger partial charge in [-0.25, -0.2) is 0 Å². The van der Waals surface area contributed by atoms with Crippen LogP contribution in [-0.4, -0.2) is 27.0 Å². The predicted molar refractivity (Wildman–Crippen MR) is 67.6 cm³/mol. The van der Waals surface area contributed by atoms with Crippen molar-refractivity contribution in [3.63, 3.8) is 0 Å². The quantitative estimate of drug-likeness (QED) is 0.855. The van der Waals surface area contributed by atoms with Crippen molar-refractivity contribution in [1.29, 1.82) is 0 Å². The van der Waals surface area contributed by atoms with Gasteiger partial charge in [0.05, 0.1) is 0 Å². The molecule has 0 radical (unpaired) electrons. The number of carboxylic acids is 1. The molecule has 0 atom stereocenters. The molecule has 6 heteroatoms. The maximum atomic E-state index is 10.4. The lowest BCUT2D eigenvalue weighted by molar-refractivity contribution is -0.133. The number of aryl methyl sites for hydroxylation is 2. The van der Waals surface area contributed by atoms with Crippen molar-refractivity contribution in [1.82, 2.24) is 10.2 Å². The van der Waals surface area contributed by atoms with Crippen LogP contribution in [0.5, 0.6) is 0 Å². The molecule has 0 spiro atoms. The largest absolute Gasteiger partial charge is 0.481 e. The van der Waals surface area contributed by atoms with Crippen LogP contribution in [-0.2, 0) is 4.79 Å². The topological polar surface area (TPSA) is 76.2 Å². The number of hydrogen-bond donors (Lipinski definition) is 1. The van der Waals surface area contributed by atoms with Crippen molar-refractivity contribution in [2.45, 2.75) is 19.1 Å². The lowest BCUT2D eigenvalue weighted by Crippen LogP contribution is -1.97. The summed E-state index contributed by atoms with van der Waals surface area (Å²) >= 11 is 1.01. The Morgan fingerprint density at radius 1 is 1.28 bits per heavy atom. The van der Waals surface area contributed by atoms with Gasteiger partial charge in [0, 0.05) is 5.56 Å². The third-order valence-corrected chi connectivity index (χ3v) is 3.00. The van der Waals surface area contributed by atoms with Crippen molar-refractivity contribution >= 4 is 17.7 Å². The Labute approximate surface area is 108 Å². The van der Waals surface area contributed by atoms with Crippen LogP contribution < -0.4 is 0 Å². The minimum Gasteiger partial charge on any atom is -0.481 e. The number of thioether (sulfide) groups is 1. The summed E-state index contributed by atoms with van der Waals surface area (Å²) in [5.41, 5.74) is 3.08. The van der Waals surface area contributed by atoms with Crippen molar-refractivity contribution in [2.24, 2.45) is 0 Å². The standard InChI is InChI=1S/C12H12N2O3S/c1-7-3-8(2)5-9(4-7)11-13-14-12(17-11)18-6-10(15)16/h3-5H,6H2,1-2H3,(H,15,16). The number of benzene rings is 1. The molecule has 1 N–H and O–H groups in total. The minimum atomic E-state index is -0.911. The SMILES string of the molecule is Cc1cc(C)cc(-c2nnc(SCC(=O)O)o2)c1. The Bertz CT molecular complexity index is 560. The zero-order chi connectivity index (χ0) is 13.1. The molecule has 2 rings (SSSR count). The van der Waals surface area contributed by atoms with E-state index in [0.29, 0.717) is 5.89 Å². The summed E-state index contributed by atoms with van der Waals surface area (Å²) in [4.78, 5) is 10.4. The monoisotopic (exact) mass is 264 g/mol. The minimum absolute atomic E-state index is 0.0888. The smallest absolute Gasteiger partial charge is 0.314 e. The van der Waals surface area contributed by atoms with Gasteiger partial charge in [0.2, 0.25) is 5.89 Å². The summed E-state index contributed by atoms with van der Waals surface area (Å²) in [6, 6.07) is 5.96. The molecule has 0 fully saturated rings. The molecule has 2 aromatic rings. The van der Waals surface area contributed by atoms with Crippen LogP contribution in [0.2, 0.25) is 0 Å². The van der Waals surface area contributed by atoms with Crippen LogP contribution in [0, 0.1) is 13.8 Å². The average molecular weight is 264 g/mol. The van der Waals surface area contributed by atoms with E-state index in [-0.39, 0.29) is 11.0 Å². The number of aromatic nitrogens is 2. The fourth-order valence-corrected chi connectivity index (χ4v) is 2.09. The zero-order valence-corrected chi connectivity index (χ0v) is 10.8. The van der Waals surface area contributed by atoms with Crippen LogP contribution in [0.1, 0.15) is 11.1 Å². The summed E-state index contributed by atoms with van der Waals surface area (Å²) in [6.07, 6.45) is 0. The molecular weight excluding hydrogens is 252 g/mol. The Hall–Kier alpha value is -1.82. The first-order chi connectivity index (χ1) is 8.54. The Kier molecular flexibility index (Phi) is 3.66. The summed E-state index contributed by atoms with van der Waals surface area (Å²) in [5, 5.41) is 16.6. The fourth-order valence-electron chi connectivity index (χ4n) is 1.61. The van der Waals surface area contributed by atoms with E-state index in [0.717, 1.165) is 28.5 Å². The molecule has 0 unspecified atom stereocenters. The Balaban J connectivity index is 2.21. The first kappa shape index (κ1) is 12.6. The van der Waals surface area contributed by atoms with E-state index in [1.165, 1.54) is 0 Å². The molecule has 0 amide bonds. The summed E-state index contributed by atoms with van der Waals surface area (Å²) in [6.45, 7) is 3.99. The van der Waals surface area contributed by atoms with Gasteiger partial charge in [-0.1, -0.05) is 29.0 Å². The van der Waals surface area contributed by atoms with Gasteiger partial charge in [0.1, 0.15) is 5.75 Å². The Morgan fingerprint density at radius 2 is 1.94 bits per heavy atom. The highest BCUT2D eigenvalue weighted by molar-refractivity contribution is 7.99. The van der Waals surface area contributed by atoms with Gasteiger partial charge < -0.3 is 9.52 Å². The van der Waals surface area contributed by atoms with E-state index in [1.54, 1.807) is 0 Å². The molecule has 0 aliphatic carbocycles. The first-order valence-corrected chi connectivity index (χ1v) is 6.30. The highest BCUT2D eigenvalue weighted by atomic mass is 32.2. The molecule has 0 bridgehead atoms. The van der Waals surface area contributed by atoms with Crippen molar-refractivity contribution in [3.05, 3.63) is 29.3 Å². The van der Waals surface area contributed by atoms with Crippen LogP contribution in [0.15, 0.2) is 27.8 Å². The molecule has 94 valence electrons. The number of rotatable bonds is 4. The molecule has 1 heterocycles. The first-order valence-electron chi connectivity index (χ1n) is 5.31. The van der Waals surface area contributed by atoms with Crippen molar-refractivity contribution < 1.29 is 14.3 Å². The van der Waals surface area contributed by atoms with E-state index in [2.05, 4.69) is 16.3 Å². The normalized spacial score (nSPS) is 10.6. The third kappa shape index (κ3) is 3.10. The second-order valence-electron chi connectivity index (χ2n) is 3.93. The lowest BCUT2D eigenvalue weighted by atomic mass is 10.1. The molecule has 18 heavy (non-hydrogen) atoms. The van der Waals surface area contributed by atoms with Gasteiger partial charge in [0.15, 0.2) is 0 Å². The number of hydrogen-bond acceptors (Lipinski definition) is 5. The lowest BCUT2D eigenvalue weighted by Gasteiger charge is -1.99. The number of nitrogens with zero attached hydrogens (tertiary/aromatic N) is 2. The molecule has 0 aliphatic rings. The molecule has 1 aromatic heterocycles. The van der Waals surface area contributed by atoms with Crippen LogP contribution in [0.3, 0.4) is 0 Å². The summed E-state index contributed by atoms with van der Waals surface area (Å²) in [5.74, 6) is -0.588. The maximum Gasteiger partial charge on any atom is 0.314 e. The van der Waals surface area contributed by atoms with Crippen LogP contribution in [0.4, 0.5) is 0 Å². The molecule has 1 aromatic carbocycles. The average Bonchev–Trinajstić information content (AvgIpc) is 2.73. The van der Waals surface area contributed by atoms with Crippen molar-refractivity contribution in [2.75, 3.05) is 5.75 Å². The zero-order valence-electron chi connectivity index (χ0n) is 10.0. The van der Waals surface area contributed by atoms with E-state index in [1.807, 2.05) is 26.0 Å². The van der Waals surface area contributed by atoms with Gasteiger partial charge in [-0.15, -0.1) is 10.2 Å². The van der Waals surface area contributed by atoms with Crippen LogP contribution >= 0.6 is 11.8 Å². The molecule has 0 saturated heterocycles. The van der Waals surface area contributed by atoms with Gasteiger partial charge in [0.25, 0.3) is 5.22 Å². The second kappa shape index (κ2) is 5.22. The van der Waals surface area contributed by atoms with E-state index in [9.17, 15) is 4.79 Å². The third-order valence-electron chi connectivity index (χ3n) is 2.19. The number of carboxylic acid groups (broad SMARTS) is 1. The van der Waals surface area contributed by atoms with E-state index < -0.39 is 5.97 Å². The second-order valence-corrected chi connectivity index (χ2v) is 4.86. The van der Waals surface area contributed by atoms with Gasteiger partial charge >= 0.3 is 5.97 Å². The highest BCUT2D eigenvalue weighted by Gasteiger charge is 2.11. The summed E-state index contributed by atoms with van der Waals surface area (Å²) < 4.78 is 5.41. The number of carbonyl (C=O) groups is 1. The molecule has 5 nitrogen and oxygen atoms in total. The maximum absolute atomic E-state index is 10.4. The van der Waals surface area contributed by atoms with Gasteiger partial charge in [-0.2, -0.15) is 0 Å². The van der Waals surface area contributed by atoms with E-state index >= 15 is 0 Å².